The smallest absolute Gasteiger partial charge is 0.251 e. The van der Waals surface area contributed by atoms with Gasteiger partial charge in [0.25, 0.3) is 5.56 Å². The topological polar surface area (TPSA) is 52.2 Å². The Morgan fingerprint density at radius 3 is 2.64 bits per heavy atom. The molecule has 1 N–H and O–H groups in total. The number of fused-ring (bicyclic) bond motifs is 1. The number of rotatable bonds is 4. The summed E-state index contributed by atoms with van der Waals surface area (Å²) in [6.45, 7) is 5.87. The SMILES string of the molecule is O=c1cc(C2CCCC2)nc(-c2ccc(CN3CCN4CCCC4C3)cc2)[nH]1. The van der Waals surface area contributed by atoms with Gasteiger partial charge in [0.2, 0.25) is 0 Å². The van der Waals surface area contributed by atoms with Crippen LogP contribution in [0, 0.1) is 0 Å². The molecule has 3 aliphatic rings. The number of hydrogen-bond donors (Lipinski definition) is 1. The van der Waals surface area contributed by atoms with Crippen LogP contribution in [0.5, 0.6) is 0 Å². The van der Waals surface area contributed by atoms with Crippen molar-refractivity contribution in [1.82, 2.24) is 19.8 Å². The molecule has 1 aliphatic carbocycles. The second-order valence-electron chi connectivity index (χ2n) is 8.76. The van der Waals surface area contributed by atoms with Crippen LogP contribution in [0.2, 0.25) is 0 Å². The summed E-state index contributed by atoms with van der Waals surface area (Å²) in [6.07, 6.45) is 7.52. The lowest BCUT2D eigenvalue weighted by atomic mass is 10.0. The molecular formula is C23H30N4O. The molecule has 2 saturated heterocycles. The Labute approximate surface area is 166 Å². The number of piperazine rings is 1. The fraction of sp³-hybridized carbons (Fsp3) is 0.565. The molecule has 5 heteroatoms. The number of aromatic amines is 1. The van der Waals surface area contributed by atoms with Gasteiger partial charge in [0.05, 0.1) is 5.69 Å². The molecule has 0 spiro atoms. The van der Waals surface area contributed by atoms with Gasteiger partial charge in [-0.15, -0.1) is 0 Å². The first-order chi connectivity index (χ1) is 13.7. The standard InChI is InChI=1S/C23H30N4O/c28-22-14-21(18-4-1-2-5-18)24-23(25-22)19-9-7-17(8-10-19)15-26-12-13-27-11-3-6-20(27)16-26/h7-10,14,18,20H,1-6,11-13,15-16H2,(H,24,25,28). The predicted molar refractivity (Wildman–Crippen MR) is 111 cm³/mol. The van der Waals surface area contributed by atoms with Crippen LogP contribution in [-0.2, 0) is 6.54 Å². The van der Waals surface area contributed by atoms with Crippen molar-refractivity contribution in [3.8, 4) is 11.4 Å². The molecule has 2 aromatic rings. The van der Waals surface area contributed by atoms with Gasteiger partial charge < -0.3 is 4.98 Å². The monoisotopic (exact) mass is 378 g/mol. The molecule has 148 valence electrons. The van der Waals surface area contributed by atoms with Gasteiger partial charge in [-0.2, -0.15) is 0 Å². The molecule has 1 unspecified atom stereocenters. The zero-order valence-corrected chi connectivity index (χ0v) is 16.6. The number of hydrogen-bond acceptors (Lipinski definition) is 4. The predicted octanol–water partition coefficient (Wildman–Crippen LogP) is 3.37. The Balaban J connectivity index is 1.29. The summed E-state index contributed by atoms with van der Waals surface area (Å²) in [6, 6.07) is 11.1. The summed E-state index contributed by atoms with van der Waals surface area (Å²) in [5.74, 6) is 1.16. The van der Waals surface area contributed by atoms with Crippen LogP contribution < -0.4 is 5.56 Å². The Kier molecular flexibility index (Phi) is 5.03. The molecule has 5 rings (SSSR count). The van der Waals surface area contributed by atoms with E-state index in [1.807, 2.05) is 0 Å². The Bertz CT molecular complexity index is 869. The third kappa shape index (κ3) is 3.78. The second kappa shape index (κ2) is 7.80. The highest BCUT2D eigenvalue weighted by atomic mass is 16.1. The van der Waals surface area contributed by atoms with Crippen molar-refractivity contribution in [2.24, 2.45) is 0 Å². The van der Waals surface area contributed by atoms with Crippen LogP contribution in [0.25, 0.3) is 11.4 Å². The zero-order valence-electron chi connectivity index (χ0n) is 16.6. The van der Waals surface area contributed by atoms with Crippen molar-refractivity contribution in [2.75, 3.05) is 26.2 Å². The molecular weight excluding hydrogens is 348 g/mol. The van der Waals surface area contributed by atoms with Gasteiger partial charge in [0.15, 0.2) is 0 Å². The molecule has 3 fully saturated rings. The number of H-pyrrole nitrogens is 1. The first kappa shape index (κ1) is 18.1. The molecule has 2 aliphatic heterocycles. The van der Waals surface area contributed by atoms with E-state index in [1.54, 1.807) is 6.07 Å². The van der Waals surface area contributed by atoms with Gasteiger partial charge >= 0.3 is 0 Å². The fourth-order valence-corrected chi connectivity index (χ4v) is 5.27. The number of aromatic nitrogens is 2. The summed E-state index contributed by atoms with van der Waals surface area (Å²) >= 11 is 0. The number of benzene rings is 1. The van der Waals surface area contributed by atoms with Crippen LogP contribution in [0.4, 0.5) is 0 Å². The first-order valence-electron chi connectivity index (χ1n) is 10.9. The van der Waals surface area contributed by atoms with Crippen LogP contribution in [-0.4, -0.2) is 52.0 Å². The number of nitrogens with one attached hydrogen (secondary N) is 1. The van der Waals surface area contributed by atoms with Crippen molar-refractivity contribution in [3.05, 3.63) is 51.9 Å². The first-order valence-corrected chi connectivity index (χ1v) is 10.9. The van der Waals surface area contributed by atoms with Crippen molar-refractivity contribution >= 4 is 0 Å². The average molecular weight is 379 g/mol. The Morgan fingerprint density at radius 1 is 1.00 bits per heavy atom. The molecule has 1 aromatic carbocycles. The molecule has 1 saturated carbocycles. The molecule has 0 radical (unpaired) electrons. The average Bonchev–Trinajstić information content (AvgIpc) is 3.40. The lowest BCUT2D eigenvalue weighted by Gasteiger charge is -2.37. The van der Waals surface area contributed by atoms with Crippen LogP contribution in [0.1, 0.15) is 55.7 Å². The second-order valence-corrected chi connectivity index (χ2v) is 8.76. The fourth-order valence-electron chi connectivity index (χ4n) is 5.27. The van der Waals surface area contributed by atoms with Crippen LogP contribution in [0.15, 0.2) is 35.1 Å². The highest BCUT2D eigenvalue weighted by Gasteiger charge is 2.30. The van der Waals surface area contributed by atoms with Crippen molar-refractivity contribution < 1.29 is 0 Å². The summed E-state index contributed by atoms with van der Waals surface area (Å²) in [5, 5.41) is 0. The van der Waals surface area contributed by atoms with Gasteiger partial charge in [-0.1, -0.05) is 37.1 Å². The Morgan fingerprint density at radius 2 is 1.82 bits per heavy atom. The molecule has 0 amide bonds. The highest BCUT2D eigenvalue weighted by molar-refractivity contribution is 5.55. The van der Waals surface area contributed by atoms with Gasteiger partial charge in [-0.25, -0.2) is 4.98 Å². The quantitative estimate of drug-likeness (QED) is 0.886. The van der Waals surface area contributed by atoms with Gasteiger partial charge in [-0.05, 0) is 37.8 Å². The van der Waals surface area contributed by atoms with Crippen LogP contribution >= 0.6 is 0 Å². The lowest BCUT2D eigenvalue weighted by Crippen LogP contribution is -2.49. The van der Waals surface area contributed by atoms with E-state index in [1.165, 1.54) is 50.9 Å². The molecule has 1 atom stereocenters. The third-order valence-corrected chi connectivity index (χ3v) is 6.84. The Hall–Kier alpha value is -1.98. The van der Waals surface area contributed by atoms with E-state index in [9.17, 15) is 4.79 Å². The van der Waals surface area contributed by atoms with Gasteiger partial charge in [0, 0.05) is 49.8 Å². The van der Waals surface area contributed by atoms with Crippen molar-refractivity contribution in [1.29, 1.82) is 0 Å². The maximum atomic E-state index is 12.2. The van der Waals surface area contributed by atoms with E-state index in [4.69, 9.17) is 4.98 Å². The van der Waals surface area contributed by atoms with E-state index in [0.717, 1.165) is 43.2 Å². The third-order valence-electron chi connectivity index (χ3n) is 6.84. The summed E-state index contributed by atoms with van der Waals surface area (Å²) in [5.41, 5.74) is 3.27. The molecule has 0 bridgehead atoms. The van der Waals surface area contributed by atoms with Crippen LogP contribution in [0.3, 0.4) is 0 Å². The minimum atomic E-state index is -0.0367. The van der Waals surface area contributed by atoms with E-state index >= 15 is 0 Å². The largest absolute Gasteiger partial charge is 0.307 e. The molecule has 5 nitrogen and oxygen atoms in total. The van der Waals surface area contributed by atoms with E-state index < -0.39 is 0 Å². The van der Waals surface area contributed by atoms with Crippen molar-refractivity contribution in [2.45, 2.75) is 57.0 Å². The van der Waals surface area contributed by atoms with E-state index in [2.05, 4.69) is 39.0 Å². The lowest BCUT2D eigenvalue weighted by molar-refractivity contribution is 0.0994. The van der Waals surface area contributed by atoms with Crippen molar-refractivity contribution in [3.63, 3.8) is 0 Å². The highest BCUT2D eigenvalue weighted by Crippen LogP contribution is 2.33. The maximum Gasteiger partial charge on any atom is 0.251 e. The number of nitrogens with zero attached hydrogens (tertiary/aromatic N) is 3. The molecule has 1 aromatic heterocycles. The van der Waals surface area contributed by atoms with Gasteiger partial charge in [0.1, 0.15) is 5.82 Å². The van der Waals surface area contributed by atoms with E-state index in [-0.39, 0.29) is 5.56 Å². The molecule has 28 heavy (non-hydrogen) atoms. The zero-order chi connectivity index (χ0) is 18.9. The van der Waals surface area contributed by atoms with E-state index in [0.29, 0.717) is 11.7 Å². The summed E-state index contributed by atoms with van der Waals surface area (Å²) in [7, 11) is 0. The minimum Gasteiger partial charge on any atom is -0.307 e. The van der Waals surface area contributed by atoms with Gasteiger partial charge in [-0.3, -0.25) is 14.6 Å². The minimum absolute atomic E-state index is 0.0367. The summed E-state index contributed by atoms with van der Waals surface area (Å²) < 4.78 is 0. The maximum absolute atomic E-state index is 12.2. The molecule has 3 heterocycles. The normalized spacial score (nSPS) is 23.9. The summed E-state index contributed by atoms with van der Waals surface area (Å²) in [4.78, 5) is 25.1.